The second kappa shape index (κ2) is 6.96. The molecule has 0 heterocycles. The molecular weight excluding hydrogens is 250 g/mol. The molecule has 0 spiro atoms. The molecule has 1 aromatic carbocycles. The fourth-order valence-electron chi connectivity index (χ4n) is 1.30. The van der Waals surface area contributed by atoms with Gasteiger partial charge in [0.2, 0.25) is 0 Å². The molecule has 0 aliphatic rings. The van der Waals surface area contributed by atoms with Gasteiger partial charge in [-0.3, -0.25) is 14.9 Å². The average Bonchev–Trinajstić information content (AvgIpc) is 2.38. The number of non-ortho nitro benzene ring substituents is 1. The molecule has 0 aromatic heterocycles. The Kier molecular flexibility index (Phi) is 5.58. The van der Waals surface area contributed by atoms with Crippen LogP contribution in [-0.4, -0.2) is 16.5 Å². The molecule has 0 unspecified atom stereocenters. The number of nitrogens with zero attached hydrogens (tertiary/aromatic N) is 1. The number of nitro groups is 1. The molecule has 1 rings (SSSR count). The highest BCUT2D eigenvalue weighted by Gasteiger charge is 2.12. The molecule has 1 aromatic rings. The number of allylic oxidation sites excluding steroid dienone is 1. The molecule has 4 nitrogen and oxygen atoms in total. The van der Waals surface area contributed by atoms with Crippen LogP contribution in [-0.2, 0) is 0 Å². The van der Waals surface area contributed by atoms with Crippen molar-refractivity contribution in [1.82, 2.24) is 0 Å². The number of rotatable bonds is 7. The third-order valence-electron chi connectivity index (χ3n) is 2.37. The largest absolute Gasteiger partial charge is 0.288 e. The molecule has 0 atom stereocenters. The Labute approximate surface area is 110 Å². The Hall–Kier alpha value is -1.62. The zero-order chi connectivity index (χ0) is 13.5. The molecule has 5 heteroatoms. The van der Waals surface area contributed by atoms with Gasteiger partial charge in [0.25, 0.3) is 5.69 Å². The minimum atomic E-state index is -0.487. The van der Waals surface area contributed by atoms with E-state index in [1.165, 1.54) is 36.0 Å². The van der Waals surface area contributed by atoms with Crippen LogP contribution in [0.2, 0.25) is 0 Å². The molecule has 96 valence electrons. The van der Waals surface area contributed by atoms with Gasteiger partial charge >= 0.3 is 0 Å². The van der Waals surface area contributed by atoms with Crippen molar-refractivity contribution in [3.63, 3.8) is 0 Å². The Morgan fingerprint density at radius 1 is 1.39 bits per heavy atom. The maximum absolute atomic E-state index is 11.9. The van der Waals surface area contributed by atoms with Crippen molar-refractivity contribution in [2.75, 3.05) is 5.75 Å². The molecule has 0 bridgehead atoms. The number of benzene rings is 1. The Morgan fingerprint density at radius 3 is 2.50 bits per heavy atom. The van der Waals surface area contributed by atoms with Crippen molar-refractivity contribution in [1.29, 1.82) is 0 Å². The van der Waals surface area contributed by atoms with Crippen molar-refractivity contribution in [2.24, 2.45) is 0 Å². The van der Waals surface area contributed by atoms with Crippen LogP contribution in [0.5, 0.6) is 0 Å². The fourth-order valence-corrected chi connectivity index (χ4v) is 2.23. The van der Waals surface area contributed by atoms with Gasteiger partial charge in [-0.25, -0.2) is 0 Å². The van der Waals surface area contributed by atoms with Gasteiger partial charge in [-0.1, -0.05) is 19.9 Å². The highest BCUT2D eigenvalue weighted by Crippen LogP contribution is 2.21. The van der Waals surface area contributed by atoms with Crippen molar-refractivity contribution < 1.29 is 9.72 Å². The zero-order valence-electron chi connectivity index (χ0n) is 10.2. The van der Waals surface area contributed by atoms with Gasteiger partial charge in [-0.15, -0.1) is 11.8 Å². The number of Topliss-reactive ketones (excluding diaryl/α,β-unsaturated/α-hetero) is 1. The second-order valence-corrected chi connectivity index (χ2v) is 4.95. The minimum Gasteiger partial charge on any atom is -0.288 e. The van der Waals surface area contributed by atoms with Crippen LogP contribution in [0.4, 0.5) is 5.69 Å². The Morgan fingerprint density at radius 2 is 2.00 bits per heavy atom. The summed E-state index contributed by atoms with van der Waals surface area (Å²) in [4.78, 5) is 22.4. The van der Waals surface area contributed by atoms with E-state index in [0.29, 0.717) is 10.5 Å². The number of hydrogen-bond donors (Lipinski definition) is 0. The van der Waals surface area contributed by atoms with Gasteiger partial charge in [0.15, 0.2) is 5.78 Å². The first kappa shape index (κ1) is 14.4. The number of carbonyl (C=O) groups excluding carboxylic acids is 1. The van der Waals surface area contributed by atoms with E-state index in [4.69, 9.17) is 0 Å². The number of thioether (sulfide) groups is 1. The molecule has 0 aliphatic carbocycles. The van der Waals surface area contributed by atoms with Crippen LogP contribution in [0, 0.1) is 10.1 Å². The van der Waals surface area contributed by atoms with E-state index < -0.39 is 4.92 Å². The van der Waals surface area contributed by atoms with E-state index in [1.807, 2.05) is 0 Å². The highest BCUT2D eigenvalue weighted by molar-refractivity contribution is 8.04. The van der Waals surface area contributed by atoms with E-state index >= 15 is 0 Å². The summed E-state index contributed by atoms with van der Waals surface area (Å²) < 4.78 is 0. The summed E-state index contributed by atoms with van der Waals surface area (Å²) >= 11 is 1.44. The van der Waals surface area contributed by atoms with Gasteiger partial charge in [-0.2, -0.15) is 0 Å². The van der Waals surface area contributed by atoms with Crippen LogP contribution in [0.1, 0.15) is 30.1 Å². The normalized spacial score (nSPS) is 10.1. The Balaban J connectivity index is 2.66. The highest BCUT2D eigenvalue weighted by atomic mass is 32.2. The van der Waals surface area contributed by atoms with E-state index in [-0.39, 0.29) is 11.5 Å². The summed E-state index contributed by atoms with van der Waals surface area (Å²) in [5.41, 5.74) is 0.422. The Bertz CT molecular complexity index is 454. The van der Waals surface area contributed by atoms with Crippen LogP contribution in [0.15, 0.2) is 35.7 Å². The summed E-state index contributed by atoms with van der Waals surface area (Å²) in [6, 6.07) is 5.59. The molecule has 0 saturated heterocycles. The standard InChI is InChI=1S/C13H15NO3S/c1-3-4-9-18-10(2)13(15)11-5-7-12(8-6-11)14(16)17/h5-8H,2-4,9H2,1H3. The van der Waals surface area contributed by atoms with Crippen molar-refractivity contribution >= 4 is 23.2 Å². The maximum Gasteiger partial charge on any atom is 0.269 e. The lowest BCUT2D eigenvalue weighted by Crippen LogP contribution is -2.00. The molecule has 0 fully saturated rings. The first-order valence-corrected chi connectivity index (χ1v) is 6.65. The molecule has 0 radical (unpaired) electrons. The lowest BCUT2D eigenvalue weighted by molar-refractivity contribution is -0.384. The topological polar surface area (TPSA) is 60.2 Å². The van der Waals surface area contributed by atoms with Gasteiger partial charge in [-0.05, 0) is 24.3 Å². The smallest absolute Gasteiger partial charge is 0.269 e. The minimum absolute atomic E-state index is 0.0178. The monoisotopic (exact) mass is 265 g/mol. The van der Waals surface area contributed by atoms with Gasteiger partial charge in [0.1, 0.15) is 0 Å². The van der Waals surface area contributed by atoms with E-state index in [9.17, 15) is 14.9 Å². The van der Waals surface area contributed by atoms with Crippen molar-refractivity contribution in [3.05, 3.63) is 51.4 Å². The summed E-state index contributed by atoms with van der Waals surface area (Å²) in [6.45, 7) is 5.82. The number of unbranched alkanes of at least 4 members (excludes halogenated alkanes) is 1. The van der Waals surface area contributed by atoms with Gasteiger partial charge < -0.3 is 0 Å². The summed E-state index contributed by atoms with van der Waals surface area (Å²) in [5, 5.41) is 10.5. The van der Waals surface area contributed by atoms with Gasteiger partial charge in [0, 0.05) is 22.6 Å². The number of carbonyl (C=O) groups is 1. The first-order chi connectivity index (χ1) is 8.56. The summed E-state index contributed by atoms with van der Waals surface area (Å²) in [5.74, 6) is 0.708. The summed E-state index contributed by atoms with van der Waals surface area (Å²) in [6.07, 6.45) is 2.11. The van der Waals surface area contributed by atoms with Crippen molar-refractivity contribution in [2.45, 2.75) is 19.8 Å². The molecule has 18 heavy (non-hydrogen) atoms. The summed E-state index contributed by atoms with van der Waals surface area (Å²) in [7, 11) is 0. The van der Waals surface area contributed by atoms with Crippen LogP contribution in [0.25, 0.3) is 0 Å². The first-order valence-electron chi connectivity index (χ1n) is 5.67. The lowest BCUT2D eigenvalue weighted by atomic mass is 10.1. The predicted molar refractivity (Wildman–Crippen MR) is 73.9 cm³/mol. The third kappa shape index (κ3) is 4.00. The van der Waals surface area contributed by atoms with Crippen LogP contribution >= 0.6 is 11.8 Å². The SMILES string of the molecule is C=C(SCCCC)C(=O)c1ccc([N+](=O)[O-])cc1. The molecule has 0 amide bonds. The quantitative estimate of drug-likeness (QED) is 0.247. The third-order valence-corrected chi connectivity index (χ3v) is 3.39. The number of nitro benzene ring substituents is 1. The number of ketones is 1. The molecule has 0 N–H and O–H groups in total. The zero-order valence-corrected chi connectivity index (χ0v) is 11.0. The number of hydrogen-bond acceptors (Lipinski definition) is 4. The van der Waals surface area contributed by atoms with E-state index in [0.717, 1.165) is 18.6 Å². The van der Waals surface area contributed by atoms with Crippen LogP contribution in [0.3, 0.4) is 0 Å². The predicted octanol–water partition coefficient (Wildman–Crippen LogP) is 3.82. The second-order valence-electron chi connectivity index (χ2n) is 3.76. The lowest BCUT2D eigenvalue weighted by Gasteiger charge is -2.04. The maximum atomic E-state index is 11.9. The van der Waals surface area contributed by atoms with E-state index in [2.05, 4.69) is 13.5 Å². The van der Waals surface area contributed by atoms with Crippen molar-refractivity contribution in [3.8, 4) is 0 Å². The van der Waals surface area contributed by atoms with Crippen LogP contribution < -0.4 is 0 Å². The fraction of sp³-hybridized carbons (Fsp3) is 0.308. The average molecular weight is 265 g/mol. The molecule has 0 aliphatic heterocycles. The van der Waals surface area contributed by atoms with Gasteiger partial charge in [0.05, 0.1) is 4.92 Å². The molecule has 0 saturated carbocycles. The molecular formula is C13H15NO3S. The van der Waals surface area contributed by atoms with E-state index in [1.54, 1.807) is 0 Å².